The topological polar surface area (TPSA) is 41.1 Å². The normalized spacial score (nSPS) is 10.3. The third-order valence-corrected chi connectivity index (χ3v) is 2.73. The van der Waals surface area contributed by atoms with Crippen molar-refractivity contribution in [2.45, 2.75) is 11.9 Å². The van der Waals surface area contributed by atoms with Crippen molar-refractivity contribution in [3.63, 3.8) is 0 Å². The lowest BCUT2D eigenvalue weighted by molar-refractivity contribution is 1.13. The summed E-state index contributed by atoms with van der Waals surface area (Å²) in [6.07, 6.45) is 1.86. The highest BCUT2D eigenvalue weighted by Crippen LogP contribution is 2.22. The van der Waals surface area contributed by atoms with Crippen LogP contribution in [0.25, 0.3) is 5.65 Å². The number of hydrogen-bond donors (Lipinski definition) is 0. The highest BCUT2D eigenvalue weighted by molar-refractivity contribution is 7.99. The fraction of sp³-hybridized carbons (Fsp3) is 0.200. The standard InChI is InChI=1S/C10H9N3S/c1-2-14-10-8(7-11)13-6-4-3-5-9(13)12-10/h3-6H,2H2,1H3. The average Bonchev–Trinajstić information content (AvgIpc) is 2.55. The van der Waals surface area contributed by atoms with Gasteiger partial charge >= 0.3 is 0 Å². The lowest BCUT2D eigenvalue weighted by Crippen LogP contribution is -1.86. The quantitative estimate of drug-likeness (QED) is 0.703. The van der Waals surface area contributed by atoms with Crippen molar-refractivity contribution >= 4 is 17.4 Å². The summed E-state index contributed by atoms with van der Waals surface area (Å²) in [7, 11) is 0. The van der Waals surface area contributed by atoms with Crippen LogP contribution in [0.3, 0.4) is 0 Å². The van der Waals surface area contributed by atoms with Crippen LogP contribution in [0.2, 0.25) is 0 Å². The molecule has 0 radical (unpaired) electrons. The Morgan fingerprint density at radius 1 is 1.57 bits per heavy atom. The second-order valence-electron chi connectivity index (χ2n) is 2.74. The monoisotopic (exact) mass is 203 g/mol. The molecule has 0 spiro atoms. The van der Waals surface area contributed by atoms with Crippen LogP contribution in [0.4, 0.5) is 0 Å². The Kier molecular flexibility index (Phi) is 2.42. The summed E-state index contributed by atoms with van der Waals surface area (Å²) in [6, 6.07) is 7.91. The largest absolute Gasteiger partial charge is 0.290 e. The van der Waals surface area contributed by atoms with Crippen LogP contribution in [0.15, 0.2) is 29.4 Å². The van der Waals surface area contributed by atoms with Gasteiger partial charge < -0.3 is 0 Å². The van der Waals surface area contributed by atoms with Crippen molar-refractivity contribution in [2.75, 3.05) is 5.75 Å². The second-order valence-corrected chi connectivity index (χ2v) is 3.99. The molecule has 0 unspecified atom stereocenters. The van der Waals surface area contributed by atoms with Crippen molar-refractivity contribution in [3.8, 4) is 6.07 Å². The van der Waals surface area contributed by atoms with E-state index in [1.54, 1.807) is 11.8 Å². The maximum absolute atomic E-state index is 9.01. The molecule has 2 rings (SSSR count). The molecule has 70 valence electrons. The summed E-state index contributed by atoms with van der Waals surface area (Å²) in [6.45, 7) is 2.05. The Labute approximate surface area is 86.4 Å². The maximum Gasteiger partial charge on any atom is 0.158 e. The molecule has 0 fully saturated rings. The first kappa shape index (κ1) is 9.10. The predicted octanol–water partition coefficient (Wildman–Crippen LogP) is 2.32. The second kappa shape index (κ2) is 3.72. The molecule has 0 aromatic carbocycles. The van der Waals surface area contributed by atoms with E-state index in [1.165, 1.54) is 0 Å². The van der Waals surface area contributed by atoms with Gasteiger partial charge in [0, 0.05) is 6.20 Å². The van der Waals surface area contributed by atoms with Gasteiger partial charge in [0.15, 0.2) is 5.69 Å². The Balaban J connectivity index is 2.68. The molecule has 0 atom stereocenters. The van der Waals surface area contributed by atoms with E-state index in [0.29, 0.717) is 5.69 Å². The number of pyridine rings is 1. The number of nitriles is 1. The smallest absolute Gasteiger partial charge is 0.158 e. The Hall–Kier alpha value is -1.47. The average molecular weight is 203 g/mol. The molecule has 2 aromatic rings. The molecule has 2 aromatic heterocycles. The van der Waals surface area contributed by atoms with E-state index < -0.39 is 0 Å². The first-order chi connectivity index (χ1) is 6.86. The van der Waals surface area contributed by atoms with Gasteiger partial charge in [0.2, 0.25) is 0 Å². The highest BCUT2D eigenvalue weighted by atomic mass is 32.2. The Morgan fingerprint density at radius 3 is 3.14 bits per heavy atom. The van der Waals surface area contributed by atoms with E-state index in [-0.39, 0.29) is 0 Å². The zero-order valence-corrected chi connectivity index (χ0v) is 8.58. The summed E-state index contributed by atoms with van der Waals surface area (Å²) in [5.41, 5.74) is 1.47. The molecule has 0 bridgehead atoms. The van der Waals surface area contributed by atoms with Gasteiger partial charge in [0.1, 0.15) is 16.7 Å². The molecular formula is C10H9N3S. The third kappa shape index (κ3) is 1.36. The van der Waals surface area contributed by atoms with Gasteiger partial charge in [-0.15, -0.1) is 11.8 Å². The minimum Gasteiger partial charge on any atom is -0.290 e. The molecule has 0 aliphatic heterocycles. The van der Waals surface area contributed by atoms with E-state index in [4.69, 9.17) is 5.26 Å². The lowest BCUT2D eigenvalue weighted by atomic mass is 10.4. The van der Waals surface area contributed by atoms with E-state index >= 15 is 0 Å². The van der Waals surface area contributed by atoms with Crippen molar-refractivity contribution in [1.82, 2.24) is 9.38 Å². The van der Waals surface area contributed by atoms with Crippen LogP contribution in [0, 0.1) is 11.3 Å². The molecule has 3 nitrogen and oxygen atoms in total. The molecule has 14 heavy (non-hydrogen) atoms. The van der Waals surface area contributed by atoms with Crippen LogP contribution < -0.4 is 0 Å². The SMILES string of the molecule is CCSc1nc2ccccn2c1C#N. The molecule has 0 amide bonds. The highest BCUT2D eigenvalue weighted by Gasteiger charge is 2.10. The molecule has 0 aliphatic carbocycles. The summed E-state index contributed by atoms with van der Waals surface area (Å²) in [5, 5.41) is 9.83. The maximum atomic E-state index is 9.01. The minimum atomic E-state index is 0.632. The Bertz CT molecular complexity index is 496. The van der Waals surface area contributed by atoms with E-state index in [2.05, 4.69) is 18.0 Å². The first-order valence-corrected chi connectivity index (χ1v) is 5.35. The van der Waals surface area contributed by atoms with E-state index in [1.807, 2.05) is 28.8 Å². The number of rotatable bonds is 2. The number of imidazole rings is 1. The van der Waals surface area contributed by atoms with Crippen LogP contribution in [-0.4, -0.2) is 15.1 Å². The fourth-order valence-corrected chi connectivity index (χ4v) is 2.03. The van der Waals surface area contributed by atoms with Gasteiger partial charge in [-0.25, -0.2) is 4.98 Å². The predicted molar refractivity (Wildman–Crippen MR) is 56.3 cm³/mol. The summed E-state index contributed by atoms with van der Waals surface area (Å²) in [4.78, 5) is 4.38. The number of thioether (sulfide) groups is 1. The van der Waals surface area contributed by atoms with Gasteiger partial charge in [-0.2, -0.15) is 5.26 Å². The minimum absolute atomic E-state index is 0.632. The number of fused-ring (bicyclic) bond motifs is 1. The number of hydrogen-bond acceptors (Lipinski definition) is 3. The summed E-state index contributed by atoms with van der Waals surface area (Å²) < 4.78 is 1.82. The molecular weight excluding hydrogens is 194 g/mol. The summed E-state index contributed by atoms with van der Waals surface area (Å²) in [5.74, 6) is 0.929. The van der Waals surface area contributed by atoms with Crippen molar-refractivity contribution < 1.29 is 0 Å². The van der Waals surface area contributed by atoms with Gasteiger partial charge in [-0.3, -0.25) is 4.40 Å². The van der Waals surface area contributed by atoms with Gasteiger partial charge in [-0.1, -0.05) is 13.0 Å². The molecule has 0 aliphatic rings. The van der Waals surface area contributed by atoms with Gasteiger partial charge in [-0.05, 0) is 17.9 Å². The molecule has 0 saturated heterocycles. The zero-order valence-electron chi connectivity index (χ0n) is 7.77. The van der Waals surface area contributed by atoms with Crippen molar-refractivity contribution in [2.24, 2.45) is 0 Å². The third-order valence-electron chi connectivity index (χ3n) is 1.88. The summed E-state index contributed by atoms with van der Waals surface area (Å²) >= 11 is 1.60. The van der Waals surface area contributed by atoms with Crippen LogP contribution >= 0.6 is 11.8 Å². The number of nitrogens with zero attached hydrogens (tertiary/aromatic N) is 3. The lowest BCUT2D eigenvalue weighted by Gasteiger charge is -1.92. The van der Waals surface area contributed by atoms with Gasteiger partial charge in [0.25, 0.3) is 0 Å². The van der Waals surface area contributed by atoms with Crippen LogP contribution in [-0.2, 0) is 0 Å². The molecule has 4 heteroatoms. The van der Waals surface area contributed by atoms with Crippen LogP contribution in [0.1, 0.15) is 12.6 Å². The first-order valence-electron chi connectivity index (χ1n) is 4.36. The van der Waals surface area contributed by atoms with E-state index in [9.17, 15) is 0 Å². The van der Waals surface area contributed by atoms with Gasteiger partial charge in [0.05, 0.1) is 0 Å². The fourth-order valence-electron chi connectivity index (χ4n) is 1.31. The molecule has 0 saturated carbocycles. The van der Waals surface area contributed by atoms with Crippen LogP contribution in [0.5, 0.6) is 0 Å². The molecule has 0 N–H and O–H groups in total. The van der Waals surface area contributed by atoms with Crippen molar-refractivity contribution in [3.05, 3.63) is 30.1 Å². The zero-order chi connectivity index (χ0) is 9.97. The number of aromatic nitrogens is 2. The van der Waals surface area contributed by atoms with E-state index in [0.717, 1.165) is 16.4 Å². The molecule has 2 heterocycles. The van der Waals surface area contributed by atoms with Crippen molar-refractivity contribution in [1.29, 1.82) is 5.26 Å². The Morgan fingerprint density at radius 2 is 2.43 bits per heavy atom.